The average Bonchev–Trinajstić information content (AvgIpc) is 2.70. The van der Waals surface area contributed by atoms with Crippen molar-refractivity contribution >= 4 is 22.8 Å². The van der Waals surface area contributed by atoms with Gasteiger partial charge in [-0.2, -0.15) is 5.10 Å². The minimum atomic E-state index is -0.0341. The van der Waals surface area contributed by atoms with Gasteiger partial charge in [0.25, 0.3) is 0 Å². The van der Waals surface area contributed by atoms with E-state index < -0.39 is 0 Å². The minimum Gasteiger partial charge on any atom is -0.352 e. The number of carbonyl (C=O) groups is 1. The van der Waals surface area contributed by atoms with Crippen molar-refractivity contribution in [3.8, 4) is 0 Å². The molecule has 102 valence electrons. The molecule has 0 saturated heterocycles. The van der Waals surface area contributed by atoms with Gasteiger partial charge in [-0.15, -0.1) is 0 Å². The van der Waals surface area contributed by atoms with Crippen molar-refractivity contribution in [3.63, 3.8) is 0 Å². The first kappa shape index (κ1) is 13.3. The van der Waals surface area contributed by atoms with Crippen LogP contribution in [0.15, 0.2) is 12.5 Å². The zero-order valence-electron chi connectivity index (χ0n) is 11.6. The molecule has 2 heterocycles. The zero-order chi connectivity index (χ0) is 14.0. The van der Waals surface area contributed by atoms with Crippen LogP contribution in [0.2, 0.25) is 0 Å². The lowest BCUT2D eigenvalue weighted by molar-refractivity contribution is -0.120. The van der Waals surface area contributed by atoms with Crippen LogP contribution in [0.25, 0.3) is 11.0 Å². The molecule has 0 bridgehead atoms. The number of anilines is 1. The van der Waals surface area contributed by atoms with Crippen LogP contribution in [0.4, 0.5) is 5.82 Å². The number of amides is 1. The van der Waals surface area contributed by atoms with Crippen LogP contribution in [0.1, 0.15) is 13.8 Å². The first-order valence-corrected chi connectivity index (χ1v) is 6.12. The number of likely N-dealkylation sites (N-methyl/N-ethyl adjacent to an activating group) is 1. The number of fused-ring (bicyclic) bond motifs is 1. The third-order valence-electron chi connectivity index (χ3n) is 2.70. The number of rotatable bonds is 4. The number of hydrogen-bond acceptors (Lipinski definition) is 5. The van der Waals surface area contributed by atoms with E-state index in [4.69, 9.17) is 0 Å². The maximum absolute atomic E-state index is 11.8. The van der Waals surface area contributed by atoms with E-state index in [0.717, 1.165) is 11.0 Å². The van der Waals surface area contributed by atoms with Gasteiger partial charge in [-0.3, -0.25) is 9.48 Å². The third-order valence-corrected chi connectivity index (χ3v) is 2.70. The Morgan fingerprint density at radius 3 is 2.89 bits per heavy atom. The van der Waals surface area contributed by atoms with Gasteiger partial charge in [0.05, 0.1) is 18.1 Å². The Morgan fingerprint density at radius 2 is 2.21 bits per heavy atom. The van der Waals surface area contributed by atoms with E-state index in [2.05, 4.69) is 20.4 Å². The SMILES string of the molecule is CC(C)NC(=O)CN(C)c1ncnc2c1cnn2C. The summed E-state index contributed by atoms with van der Waals surface area (Å²) in [7, 11) is 3.65. The molecule has 2 aromatic rings. The summed E-state index contributed by atoms with van der Waals surface area (Å²) < 4.78 is 1.68. The Hall–Kier alpha value is -2.18. The van der Waals surface area contributed by atoms with Crippen molar-refractivity contribution in [3.05, 3.63) is 12.5 Å². The van der Waals surface area contributed by atoms with Gasteiger partial charge in [-0.1, -0.05) is 0 Å². The smallest absolute Gasteiger partial charge is 0.239 e. The van der Waals surface area contributed by atoms with E-state index >= 15 is 0 Å². The molecule has 0 atom stereocenters. The second-order valence-electron chi connectivity index (χ2n) is 4.78. The molecule has 7 nitrogen and oxygen atoms in total. The third kappa shape index (κ3) is 2.81. The zero-order valence-corrected chi connectivity index (χ0v) is 11.6. The number of nitrogens with one attached hydrogen (secondary N) is 1. The van der Waals surface area contributed by atoms with Gasteiger partial charge in [0.15, 0.2) is 5.65 Å². The highest BCUT2D eigenvalue weighted by Crippen LogP contribution is 2.20. The maximum Gasteiger partial charge on any atom is 0.239 e. The molecule has 19 heavy (non-hydrogen) atoms. The molecule has 0 fully saturated rings. The van der Waals surface area contributed by atoms with E-state index in [1.165, 1.54) is 6.33 Å². The summed E-state index contributed by atoms with van der Waals surface area (Å²) in [5, 5.41) is 7.84. The van der Waals surface area contributed by atoms with Gasteiger partial charge in [0.2, 0.25) is 5.91 Å². The molecule has 2 aromatic heterocycles. The molecule has 1 N–H and O–H groups in total. The molecule has 0 saturated carbocycles. The fourth-order valence-corrected chi connectivity index (χ4v) is 1.91. The van der Waals surface area contributed by atoms with Crippen LogP contribution < -0.4 is 10.2 Å². The van der Waals surface area contributed by atoms with Crippen LogP contribution in [-0.2, 0) is 11.8 Å². The summed E-state index contributed by atoms with van der Waals surface area (Å²) >= 11 is 0. The Bertz CT molecular complexity index is 591. The fraction of sp³-hybridized carbons (Fsp3) is 0.500. The standard InChI is InChI=1S/C12H18N6O/c1-8(2)16-10(19)6-17(3)11-9-5-15-18(4)12(9)14-7-13-11/h5,7-8H,6H2,1-4H3,(H,16,19). The Labute approximate surface area is 111 Å². The highest BCUT2D eigenvalue weighted by atomic mass is 16.2. The van der Waals surface area contributed by atoms with E-state index in [0.29, 0.717) is 5.82 Å². The first-order valence-electron chi connectivity index (χ1n) is 6.12. The van der Waals surface area contributed by atoms with Crippen LogP contribution in [0, 0.1) is 0 Å². The highest BCUT2D eigenvalue weighted by molar-refractivity contribution is 5.89. The lowest BCUT2D eigenvalue weighted by atomic mass is 10.3. The summed E-state index contributed by atoms with van der Waals surface area (Å²) in [6.45, 7) is 4.11. The predicted octanol–water partition coefficient (Wildman–Crippen LogP) is 0.324. The molecule has 0 aromatic carbocycles. The van der Waals surface area contributed by atoms with Gasteiger partial charge in [0.1, 0.15) is 12.1 Å². The topological polar surface area (TPSA) is 75.9 Å². The van der Waals surface area contributed by atoms with Gasteiger partial charge in [-0.25, -0.2) is 9.97 Å². The van der Waals surface area contributed by atoms with Crippen LogP contribution in [-0.4, -0.2) is 45.3 Å². The second-order valence-corrected chi connectivity index (χ2v) is 4.78. The van der Waals surface area contributed by atoms with Gasteiger partial charge in [-0.05, 0) is 13.8 Å². The van der Waals surface area contributed by atoms with Gasteiger partial charge in [0, 0.05) is 20.1 Å². The average molecular weight is 262 g/mol. The molecule has 0 aliphatic carbocycles. The van der Waals surface area contributed by atoms with E-state index in [9.17, 15) is 4.79 Å². The molecule has 1 amide bonds. The summed E-state index contributed by atoms with van der Waals surface area (Å²) in [5.41, 5.74) is 0.751. The molecular formula is C12H18N6O. The Morgan fingerprint density at radius 1 is 1.47 bits per heavy atom. The van der Waals surface area contributed by atoms with Crippen molar-refractivity contribution in [2.75, 3.05) is 18.5 Å². The molecule has 0 radical (unpaired) electrons. The summed E-state index contributed by atoms with van der Waals surface area (Å²) in [6.07, 6.45) is 3.19. The number of carbonyl (C=O) groups excluding carboxylic acids is 1. The van der Waals surface area contributed by atoms with Crippen molar-refractivity contribution < 1.29 is 4.79 Å². The van der Waals surface area contributed by atoms with Crippen molar-refractivity contribution in [2.24, 2.45) is 7.05 Å². The second kappa shape index (κ2) is 5.21. The number of aromatic nitrogens is 4. The quantitative estimate of drug-likeness (QED) is 0.859. The lowest BCUT2D eigenvalue weighted by Gasteiger charge is -2.19. The predicted molar refractivity (Wildman–Crippen MR) is 72.9 cm³/mol. The summed E-state index contributed by atoms with van der Waals surface area (Å²) in [5.74, 6) is 0.671. The Kier molecular flexibility index (Phi) is 3.64. The van der Waals surface area contributed by atoms with E-state index in [1.54, 1.807) is 15.8 Å². The summed E-state index contributed by atoms with van der Waals surface area (Å²) in [4.78, 5) is 22.0. The Balaban J connectivity index is 2.22. The van der Waals surface area contributed by atoms with Crippen molar-refractivity contribution in [2.45, 2.75) is 19.9 Å². The number of hydrogen-bond donors (Lipinski definition) is 1. The monoisotopic (exact) mass is 262 g/mol. The van der Waals surface area contributed by atoms with Crippen molar-refractivity contribution in [1.82, 2.24) is 25.1 Å². The molecule has 2 rings (SSSR count). The van der Waals surface area contributed by atoms with E-state index in [1.807, 2.05) is 27.9 Å². The molecular weight excluding hydrogens is 244 g/mol. The minimum absolute atomic E-state index is 0.0341. The molecule has 0 aliphatic rings. The van der Waals surface area contributed by atoms with Crippen LogP contribution in [0.3, 0.4) is 0 Å². The van der Waals surface area contributed by atoms with Gasteiger partial charge < -0.3 is 10.2 Å². The molecule has 0 spiro atoms. The summed E-state index contributed by atoms with van der Waals surface area (Å²) in [6, 6.07) is 0.129. The van der Waals surface area contributed by atoms with Crippen molar-refractivity contribution in [1.29, 1.82) is 0 Å². The van der Waals surface area contributed by atoms with Gasteiger partial charge >= 0.3 is 0 Å². The number of nitrogens with zero attached hydrogens (tertiary/aromatic N) is 5. The normalized spacial score (nSPS) is 11.0. The van der Waals surface area contributed by atoms with Crippen LogP contribution in [0.5, 0.6) is 0 Å². The lowest BCUT2D eigenvalue weighted by Crippen LogP contribution is -2.38. The highest BCUT2D eigenvalue weighted by Gasteiger charge is 2.14. The molecule has 7 heteroatoms. The molecule has 0 unspecified atom stereocenters. The largest absolute Gasteiger partial charge is 0.352 e. The van der Waals surface area contributed by atoms with Crippen LogP contribution >= 0.6 is 0 Å². The van der Waals surface area contributed by atoms with E-state index in [-0.39, 0.29) is 18.5 Å². The fourth-order valence-electron chi connectivity index (χ4n) is 1.91. The molecule has 0 aliphatic heterocycles. The first-order chi connectivity index (χ1) is 8.99. The maximum atomic E-state index is 11.8. The number of aryl methyl sites for hydroxylation is 1.